The summed E-state index contributed by atoms with van der Waals surface area (Å²) in [6.45, 7) is 1.84. The molecule has 0 aliphatic carbocycles. The van der Waals surface area contributed by atoms with Crippen molar-refractivity contribution < 1.29 is 4.79 Å². The summed E-state index contributed by atoms with van der Waals surface area (Å²) in [6.07, 6.45) is 1.70. The van der Waals surface area contributed by atoms with Crippen molar-refractivity contribution >= 4 is 45.0 Å². The van der Waals surface area contributed by atoms with Crippen LogP contribution in [0.3, 0.4) is 0 Å². The van der Waals surface area contributed by atoms with Gasteiger partial charge in [-0.2, -0.15) is 0 Å². The van der Waals surface area contributed by atoms with Gasteiger partial charge >= 0.3 is 0 Å². The number of carbonyl (C=O) groups excluding carboxylic acids is 1. The molecule has 0 radical (unpaired) electrons. The minimum absolute atomic E-state index is 0.0850. The molecule has 0 spiro atoms. The third-order valence-corrected chi connectivity index (χ3v) is 4.56. The van der Waals surface area contributed by atoms with Gasteiger partial charge in [0.05, 0.1) is 5.25 Å². The van der Waals surface area contributed by atoms with Gasteiger partial charge in [0.25, 0.3) is 0 Å². The van der Waals surface area contributed by atoms with Gasteiger partial charge in [0.2, 0.25) is 5.91 Å². The molecule has 6 heteroatoms. The summed E-state index contributed by atoms with van der Waals surface area (Å²) >= 11 is 4.82. The molecule has 0 saturated carbocycles. The summed E-state index contributed by atoms with van der Waals surface area (Å²) in [6, 6.07) is 10.9. The molecule has 4 nitrogen and oxygen atoms in total. The number of amides is 1. The first-order chi connectivity index (χ1) is 9.56. The molecule has 1 amide bonds. The van der Waals surface area contributed by atoms with Crippen LogP contribution in [0.15, 0.2) is 52.1 Å². The van der Waals surface area contributed by atoms with Crippen LogP contribution < -0.4 is 11.1 Å². The summed E-state index contributed by atoms with van der Waals surface area (Å²) < 4.78 is 0.883. The van der Waals surface area contributed by atoms with Gasteiger partial charge in [-0.25, -0.2) is 4.98 Å². The normalized spacial score (nSPS) is 11.9. The summed E-state index contributed by atoms with van der Waals surface area (Å²) in [4.78, 5) is 16.4. The van der Waals surface area contributed by atoms with Crippen LogP contribution in [0.25, 0.3) is 0 Å². The first-order valence-corrected chi connectivity index (χ1v) is 7.67. The van der Waals surface area contributed by atoms with Crippen LogP contribution in [0.5, 0.6) is 0 Å². The Morgan fingerprint density at radius 1 is 1.40 bits per heavy atom. The maximum Gasteiger partial charge on any atom is 0.237 e. The van der Waals surface area contributed by atoms with Gasteiger partial charge < -0.3 is 11.1 Å². The number of nitrogens with zero attached hydrogens (tertiary/aromatic N) is 1. The Bertz CT molecular complexity index is 621. The van der Waals surface area contributed by atoms with E-state index in [4.69, 9.17) is 5.73 Å². The molecule has 2 rings (SSSR count). The highest BCUT2D eigenvalue weighted by Crippen LogP contribution is 2.28. The number of rotatable bonds is 4. The Balaban J connectivity index is 2.01. The molecule has 0 aliphatic heterocycles. The van der Waals surface area contributed by atoms with Gasteiger partial charge in [0, 0.05) is 22.0 Å². The van der Waals surface area contributed by atoms with Crippen molar-refractivity contribution in [1.29, 1.82) is 0 Å². The highest BCUT2D eigenvalue weighted by atomic mass is 79.9. The third-order valence-electron chi connectivity index (χ3n) is 2.54. The highest BCUT2D eigenvalue weighted by Gasteiger charge is 2.16. The number of halogens is 1. The molecule has 0 saturated heterocycles. The smallest absolute Gasteiger partial charge is 0.237 e. The second-order valence-corrected chi connectivity index (χ2v) is 6.35. The average Bonchev–Trinajstić information content (AvgIpc) is 2.41. The molecule has 104 valence electrons. The molecule has 1 aromatic carbocycles. The standard InChI is InChI=1S/C14H14BrN3OS/c1-9(20-14-12(15)6-3-7-17-14)13(19)18-11-5-2-4-10(16)8-11/h2-9H,16H2,1H3,(H,18,19). The van der Waals surface area contributed by atoms with E-state index in [0.29, 0.717) is 11.4 Å². The first kappa shape index (κ1) is 14.9. The molecule has 1 aromatic heterocycles. The number of nitrogens with two attached hydrogens (primary N) is 1. The van der Waals surface area contributed by atoms with Gasteiger partial charge in [-0.1, -0.05) is 17.8 Å². The molecular weight excluding hydrogens is 338 g/mol. The third kappa shape index (κ3) is 3.98. The quantitative estimate of drug-likeness (QED) is 0.652. The number of hydrogen-bond acceptors (Lipinski definition) is 4. The molecule has 20 heavy (non-hydrogen) atoms. The Hall–Kier alpha value is -1.53. The zero-order valence-electron chi connectivity index (χ0n) is 10.8. The fourth-order valence-corrected chi connectivity index (χ4v) is 2.88. The number of anilines is 2. The maximum atomic E-state index is 12.1. The summed E-state index contributed by atoms with van der Waals surface area (Å²) in [5.74, 6) is -0.0850. The molecule has 2 aromatic rings. The Morgan fingerprint density at radius 2 is 2.20 bits per heavy atom. The lowest BCUT2D eigenvalue weighted by Gasteiger charge is -2.12. The lowest BCUT2D eigenvalue weighted by atomic mass is 10.3. The summed E-state index contributed by atoms with van der Waals surface area (Å²) in [5.41, 5.74) is 7.00. The topological polar surface area (TPSA) is 68.0 Å². The Morgan fingerprint density at radius 3 is 2.90 bits per heavy atom. The fraction of sp³-hybridized carbons (Fsp3) is 0.143. The molecule has 1 atom stereocenters. The number of thioether (sulfide) groups is 1. The predicted molar refractivity (Wildman–Crippen MR) is 86.7 cm³/mol. The number of pyridine rings is 1. The van der Waals surface area contributed by atoms with Crippen molar-refractivity contribution in [2.24, 2.45) is 0 Å². The van der Waals surface area contributed by atoms with Crippen LogP contribution in [-0.4, -0.2) is 16.1 Å². The van der Waals surface area contributed by atoms with Crippen LogP contribution in [0.1, 0.15) is 6.92 Å². The van der Waals surface area contributed by atoms with E-state index in [0.717, 1.165) is 9.50 Å². The largest absolute Gasteiger partial charge is 0.399 e. The van der Waals surface area contributed by atoms with Gasteiger partial charge in [0.15, 0.2) is 0 Å². The Kier molecular flexibility index (Phi) is 5.03. The number of nitrogen functional groups attached to an aromatic ring is 1. The van der Waals surface area contributed by atoms with Crippen LogP contribution in [0.2, 0.25) is 0 Å². The van der Waals surface area contributed by atoms with Crippen molar-refractivity contribution in [2.75, 3.05) is 11.1 Å². The van der Waals surface area contributed by atoms with Crippen molar-refractivity contribution in [2.45, 2.75) is 17.2 Å². The van der Waals surface area contributed by atoms with Gasteiger partial charge in [0.1, 0.15) is 5.03 Å². The molecule has 1 unspecified atom stereocenters. The zero-order chi connectivity index (χ0) is 14.5. The van der Waals surface area contributed by atoms with Gasteiger partial charge in [-0.3, -0.25) is 4.79 Å². The van der Waals surface area contributed by atoms with Crippen LogP contribution >= 0.6 is 27.7 Å². The van der Waals surface area contributed by atoms with Crippen molar-refractivity contribution in [3.05, 3.63) is 47.1 Å². The van der Waals surface area contributed by atoms with Crippen LogP contribution in [-0.2, 0) is 4.79 Å². The lowest BCUT2D eigenvalue weighted by Crippen LogP contribution is -2.22. The van der Waals surface area contributed by atoms with E-state index in [2.05, 4.69) is 26.2 Å². The maximum absolute atomic E-state index is 12.1. The monoisotopic (exact) mass is 351 g/mol. The van der Waals surface area contributed by atoms with E-state index in [9.17, 15) is 4.79 Å². The molecule has 0 aliphatic rings. The van der Waals surface area contributed by atoms with E-state index in [1.807, 2.05) is 25.1 Å². The number of aromatic nitrogens is 1. The van der Waals surface area contributed by atoms with Crippen molar-refractivity contribution in [3.8, 4) is 0 Å². The average molecular weight is 352 g/mol. The van der Waals surface area contributed by atoms with E-state index in [1.165, 1.54) is 11.8 Å². The zero-order valence-corrected chi connectivity index (χ0v) is 13.2. The molecule has 0 fully saturated rings. The van der Waals surface area contributed by atoms with Crippen molar-refractivity contribution in [3.63, 3.8) is 0 Å². The second-order valence-electron chi connectivity index (χ2n) is 4.17. The number of nitrogens with one attached hydrogen (secondary N) is 1. The second kappa shape index (κ2) is 6.76. The van der Waals surface area contributed by atoms with Crippen molar-refractivity contribution in [1.82, 2.24) is 4.98 Å². The van der Waals surface area contributed by atoms with E-state index in [1.54, 1.807) is 24.4 Å². The number of hydrogen-bond donors (Lipinski definition) is 2. The van der Waals surface area contributed by atoms with E-state index < -0.39 is 0 Å². The molecule has 1 heterocycles. The number of benzene rings is 1. The molecule has 3 N–H and O–H groups in total. The Labute approximate surface area is 130 Å². The van der Waals surface area contributed by atoms with E-state index >= 15 is 0 Å². The summed E-state index contributed by atoms with van der Waals surface area (Å²) in [5, 5.41) is 3.37. The lowest BCUT2D eigenvalue weighted by molar-refractivity contribution is -0.115. The fourth-order valence-electron chi connectivity index (χ4n) is 1.54. The molecular formula is C14H14BrN3OS. The van der Waals surface area contributed by atoms with Gasteiger partial charge in [-0.05, 0) is 53.2 Å². The number of carbonyl (C=O) groups is 1. The van der Waals surface area contributed by atoms with Crippen LogP contribution in [0, 0.1) is 0 Å². The van der Waals surface area contributed by atoms with E-state index in [-0.39, 0.29) is 11.2 Å². The van der Waals surface area contributed by atoms with Gasteiger partial charge in [-0.15, -0.1) is 0 Å². The SMILES string of the molecule is CC(Sc1ncccc1Br)C(=O)Nc1cccc(N)c1. The minimum Gasteiger partial charge on any atom is -0.399 e. The summed E-state index contributed by atoms with van der Waals surface area (Å²) in [7, 11) is 0. The molecule has 0 bridgehead atoms. The first-order valence-electron chi connectivity index (χ1n) is 6.00. The highest BCUT2D eigenvalue weighted by molar-refractivity contribution is 9.10. The minimum atomic E-state index is -0.261. The van der Waals surface area contributed by atoms with Crippen LogP contribution in [0.4, 0.5) is 11.4 Å². The predicted octanol–water partition coefficient (Wildman–Crippen LogP) is 3.55.